The molecule has 2 heterocycles. The van der Waals surface area contributed by atoms with Crippen molar-refractivity contribution in [2.24, 2.45) is 0 Å². The van der Waals surface area contributed by atoms with Crippen molar-refractivity contribution in [1.82, 2.24) is 20.3 Å². The Morgan fingerprint density at radius 3 is 2.84 bits per heavy atom. The third-order valence-electron chi connectivity index (χ3n) is 2.70. The monoisotopic (exact) mass is 256 g/mol. The van der Waals surface area contributed by atoms with E-state index in [0.29, 0.717) is 23.2 Å². The number of aromatic nitrogens is 4. The molecule has 0 aliphatic carbocycles. The average molecular weight is 256 g/mol. The van der Waals surface area contributed by atoms with Crippen LogP contribution in [0.2, 0.25) is 0 Å². The molecule has 6 nitrogen and oxygen atoms in total. The molecule has 0 amide bonds. The molecule has 6 heteroatoms. The molecule has 0 radical (unpaired) electrons. The molecule has 1 N–H and O–H groups in total. The molecule has 0 atom stereocenters. The van der Waals surface area contributed by atoms with Gasteiger partial charge in [0, 0.05) is 5.69 Å². The van der Waals surface area contributed by atoms with Crippen molar-refractivity contribution in [3.05, 3.63) is 36.0 Å². The number of ether oxygens (including phenoxy) is 1. The summed E-state index contributed by atoms with van der Waals surface area (Å²) in [4.78, 5) is 4.33. The number of aryl methyl sites for hydroxylation is 1. The lowest BCUT2D eigenvalue weighted by Gasteiger charge is -2.02. The third kappa shape index (κ3) is 2.08. The van der Waals surface area contributed by atoms with E-state index < -0.39 is 0 Å². The van der Waals surface area contributed by atoms with Crippen molar-refractivity contribution in [1.29, 1.82) is 0 Å². The second-order valence-corrected chi connectivity index (χ2v) is 4.06. The van der Waals surface area contributed by atoms with Gasteiger partial charge in [0.1, 0.15) is 5.75 Å². The highest BCUT2D eigenvalue weighted by molar-refractivity contribution is 5.65. The van der Waals surface area contributed by atoms with Gasteiger partial charge in [-0.2, -0.15) is 10.1 Å². The fourth-order valence-corrected chi connectivity index (χ4v) is 1.79. The van der Waals surface area contributed by atoms with Crippen LogP contribution in [0.4, 0.5) is 0 Å². The fourth-order valence-electron chi connectivity index (χ4n) is 1.79. The van der Waals surface area contributed by atoms with Crippen LogP contribution in [0, 0.1) is 6.92 Å². The molecule has 0 aliphatic heterocycles. The van der Waals surface area contributed by atoms with E-state index in [1.807, 2.05) is 37.3 Å². The molecule has 0 fully saturated rings. The first-order valence-corrected chi connectivity index (χ1v) is 5.77. The number of methoxy groups -OCH3 is 1. The van der Waals surface area contributed by atoms with Gasteiger partial charge in [-0.25, -0.2) is 0 Å². The number of benzene rings is 1. The molecule has 2 aromatic heterocycles. The maximum Gasteiger partial charge on any atom is 0.278 e. The van der Waals surface area contributed by atoms with Crippen LogP contribution < -0.4 is 4.74 Å². The van der Waals surface area contributed by atoms with Gasteiger partial charge in [0.05, 0.1) is 12.7 Å². The molecule has 0 unspecified atom stereocenters. The molecule has 0 bridgehead atoms. The number of nitrogens with zero attached hydrogens (tertiary/aromatic N) is 3. The second-order valence-electron chi connectivity index (χ2n) is 4.06. The molecule has 3 rings (SSSR count). The first-order valence-electron chi connectivity index (χ1n) is 5.77. The van der Waals surface area contributed by atoms with Crippen LogP contribution in [-0.4, -0.2) is 27.4 Å². The maximum atomic E-state index is 5.28. The van der Waals surface area contributed by atoms with Gasteiger partial charge < -0.3 is 9.26 Å². The summed E-state index contributed by atoms with van der Waals surface area (Å²) in [6.45, 7) is 1.91. The van der Waals surface area contributed by atoms with Gasteiger partial charge in [0.25, 0.3) is 5.89 Å². The van der Waals surface area contributed by atoms with Gasteiger partial charge in [0.15, 0.2) is 5.69 Å². The Morgan fingerprint density at radius 1 is 1.26 bits per heavy atom. The Bertz CT molecular complexity index is 702. The van der Waals surface area contributed by atoms with Crippen LogP contribution in [-0.2, 0) is 0 Å². The SMILES string of the molecule is COc1ccccc1-c1noc(-c2cc(C)[nH]n2)n1. The zero-order valence-corrected chi connectivity index (χ0v) is 10.5. The number of para-hydroxylation sites is 1. The van der Waals surface area contributed by atoms with Gasteiger partial charge in [-0.15, -0.1) is 0 Å². The van der Waals surface area contributed by atoms with Gasteiger partial charge >= 0.3 is 0 Å². The number of nitrogens with one attached hydrogen (secondary N) is 1. The van der Waals surface area contributed by atoms with Crippen molar-refractivity contribution in [3.8, 4) is 28.7 Å². The summed E-state index contributed by atoms with van der Waals surface area (Å²) in [6, 6.07) is 9.36. The fraction of sp³-hybridized carbons (Fsp3) is 0.154. The maximum absolute atomic E-state index is 5.28. The Hall–Kier alpha value is -2.63. The summed E-state index contributed by atoms with van der Waals surface area (Å²) in [5.41, 5.74) is 2.35. The van der Waals surface area contributed by atoms with Crippen molar-refractivity contribution in [3.63, 3.8) is 0 Å². The number of hydrogen-bond donors (Lipinski definition) is 1. The Kier molecular flexibility index (Phi) is 2.75. The zero-order chi connectivity index (χ0) is 13.2. The van der Waals surface area contributed by atoms with E-state index in [9.17, 15) is 0 Å². The van der Waals surface area contributed by atoms with Gasteiger partial charge in [-0.05, 0) is 25.1 Å². The Labute approximate surface area is 109 Å². The minimum Gasteiger partial charge on any atom is -0.496 e. The summed E-state index contributed by atoms with van der Waals surface area (Å²) in [5.74, 6) is 1.56. The number of H-pyrrole nitrogens is 1. The summed E-state index contributed by atoms with van der Waals surface area (Å²) in [5, 5.41) is 10.9. The molecule has 3 aromatic rings. The van der Waals surface area contributed by atoms with Crippen LogP contribution in [0.1, 0.15) is 5.69 Å². The summed E-state index contributed by atoms with van der Waals surface area (Å²) < 4.78 is 10.5. The normalized spacial score (nSPS) is 10.6. The predicted molar refractivity (Wildman–Crippen MR) is 68.6 cm³/mol. The molecule has 1 aromatic carbocycles. The number of rotatable bonds is 3. The number of aromatic amines is 1. The summed E-state index contributed by atoms with van der Waals surface area (Å²) in [7, 11) is 1.61. The van der Waals surface area contributed by atoms with Crippen LogP contribution in [0.15, 0.2) is 34.9 Å². The third-order valence-corrected chi connectivity index (χ3v) is 2.70. The molecule has 0 saturated heterocycles. The largest absolute Gasteiger partial charge is 0.496 e. The highest BCUT2D eigenvalue weighted by atomic mass is 16.5. The van der Waals surface area contributed by atoms with Crippen LogP contribution in [0.5, 0.6) is 5.75 Å². The van der Waals surface area contributed by atoms with Gasteiger partial charge in [-0.3, -0.25) is 5.10 Å². The van der Waals surface area contributed by atoms with E-state index in [4.69, 9.17) is 9.26 Å². The molecule has 96 valence electrons. The number of hydrogen-bond acceptors (Lipinski definition) is 5. The Morgan fingerprint density at radius 2 is 2.11 bits per heavy atom. The molecule has 0 aliphatic rings. The molecule has 0 saturated carbocycles. The van der Waals surface area contributed by atoms with Crippen molar-refractivity contribution in [2.45, 2.75) is 6.92 Å². The lowest BCUT2D eigenvalue weighted by molar-refractivity contribution is 0.413. The highest BCUT2D eigenvalue weighted by Gasteiger charge is 2.15. The Balaban J connectivity index is 2.01. The topological polar surface area (TPSA) is 76.8 Å². The second kappa shape index (κ2) is 4.56. The molecule has 19 heavy (non-hydrogen) atoms. The zero-order valence-electron chi connectivity index (χ0n) is 10.5. The van der Waals surface area contributed by atoms with E-state index in [1.165, 1.54) is 0 Å². The van der Waals surface area contributed by atoms with Crippen molar-refractivity contribution >= 4 is 0 Å². The van der Waals surface area contributed by atoms with Gasteiger partial charge in [-0.1, -0.05) is 17.3 Å². The van der Waals surface area contributed by atoms with E-state index in [0.717, 1.165) is 11.3 Å². The summed E-state index contributed by atoms with van der Waals surface area (Å²) >= 11 is 0. The minimum atomic E-state index is 0.380. The van der Waals surface area contributed by atoms with Crippen molar-refractivity contribution < 1.29 is 9.26 Å². The quantitative estimate of drug-likeness (QED) is 0.778. The lowest BCUT2D eigenvalue weighted by Crippen LogP contribution is -1.88. The van der Waals surface area contributed by atoms with Crippen LogP contribution in [0.3, 0.4) is 0 Å². The van der Waals surface area contributed by atoms with Gasteiger partial charge in [0.2, 0.25) is 5.82 Å². The van der Waals surface area contributed by atoms with E-state index >= 15 is 0 Å². The van der Waals surface area contributed by atoms with Crippen LogP contribution in [0.25, 0.3) is 23.0 Å². The van der Waals surface area contributed by atoms with E-state index in [2.05, 4.69) is 20.3 Å². The molecular weight excluding hydrogens is 244 g/mol. The molecule has 0 spiro atoms. The minimum absolute atomic E-state index is 0.380. The standard InChI is InChI=1S/C13H12N4O2/c1-8-7-10(16-15-8)13-14-12(17-19-13)9-5-3-4-6-11(9)18-2/h3-7H,1-2H3,(H,15,16). The van der Waals surface area contributed by atoms with Crippen molar-refractivity contribution in [2.75, 3.05) is 7.11 Å². The predicted octanol–water partition coefficient (Wildman–Crippen LogP) is 2.44. The molecular formula is C13H12N4O2. The highest BCUT2D eigenvalue weighted by Crippen LogP contribution is 2.28. The van der Waals surface area contributed by atoms with Crippen LogP contribution >= 0.6 is 0 Å². The van der Waals surface area contributed by atoms with E-state index in [-0.39, 0.29) is 0 Å². The van der Waals surface area contributed by atoms with E-state index in [1.54, 1.807) is 7.11 Å². The first kappa shape index (κ1) is 11.5. The lowest BCUT2D eigenvalue weighted by atomic mass is 10.2. The smallest absolute Gasteiger partial charge is 0.278 e. The average Bonchev–Trinajstić information content (AvgIpc) is 3.07. The summed E-state index contributed by atoms with van der Waals surface area (Å²) in [6.07, 6.45) is 0. The first-order chi connectivity index (χ1) is 9.28.